The number of nitrogens with one attached hydrogen (secondary N) is 4. The lowest BCUT2D eigenvalue weighted by Crippen LogP contribution is -2.48. The molecule has 1 unspecified atom stereocenters. The normalized spacial score (nSPS) is 12.1. The van der Waals surface area contributed by atoms with Crippen molar-refractivity contribution < 1.29 is 24.3 Å². The molecule has 11 nitrogen and oxygen atoms in total. The smallest absolute Gasteiger partial charge is 0.328 e. The summed E-state index contributed by atoms with van der Waals surface area (Å²) in [5.74, 6) is -2.80. The van der Waals surface area contributed by atoms with Crippen LogP contribution in [0.1, 0.15) is 20.9 Å². The minimum Gasteiger partial charge on any atom is -0.480 e. The number of amides is 3. The number of allylic oxidation sites excluding steroid dienone is 2. The van der Waals surface area contributed by atoms with E-state index in [2.05, 4.69) is 37.7 Å². The highest BCUT2D eigenvalue weighted by atomic mass is 32.2. The number of aryl methyl sites for hydroxylation is 1. The average molecular weight is 529 g/mol. The lowest BCUT2D eigenvalue weighted by molar-refractivity contribution is -0.139. The van der Waals surface area contributed by atoms with Crippen molar-refractivity contribution in [3.8, 4) is 0 Å². The van der Waals surface area contributed by atoms with Crippen LogP contribution in [0.2, 0.25) is 0 Å². The highest BCUT2D eigenvalue weighted by molar-refractivity contribution is 8.03. The Hall–Kier alpha value is -3.97. The number of benzene rings is 1. The third-order valence-electron chi connectivity index (χ3n) is 4.96. The summed E-state index contributed by atoms with van der Waals surface area (Å²) < 4.78 is 0. The Morgan fingerprint density at radius 3 is 2.78 bits per heavy atom. The van der Waals surface area contributed by atoms with E-state index in [0.29, 0.717) is 10.6 Å². The van der Waals surface area contributed by atoms with Gasteiger partial charge in [-0.3, -0.25) is 19.5 Å². The van der Waals surface area contributed by atoms with Gasteiger partial charge in [0.15, 0.2) is 5.13 Å². The van der Waals surface area contributed by atoms with Gasteiger partial charge in [-0.05, 0) is 30.9 Å². The van der Waals surface area contributed by atoms with Crippen molar-refractivity contribution in [2.45, 2.75) is 19.4 Å². The molecule has 0 aliphatic carbocycles. The average Bonchev–Trinajstić information content (AvgIpc) is 3.46. The maximum atomic E-state index is 12.8. The van der Waals surface area contributed by atoms with Gasteiger partial charge in [-0.2, -0.15) is 5.10 Å². The maximum Gasteiger partial charge on any atom is 0.328 e. The van der Waals surface area contributed by atoms with E-state index in [1.165, 1.54) is 23.9 Å². The van der Waals surface area contributed by atoms with Crippen molar-refractivity contribution in [1.82, 2.24) is 25.8 Å². The Kier molecular flexibility index (Phi) is 8.97. The fraction of sp³-hybridized carbons (Fsp3) is 0.217. The molecule has 36 heavy (non-hydrogen) atoms. The van der Waals surface area contributed by atoms with Crippen LogP contribution < -0.4 is 16.0 Å². The van der Waals surface area contributed by atoms with E-state index in [-0.39, 0.29) is 28.9 Å². The molecule has 1 atom stereocenters. The summed E-state index contributed by atoms with van der Waals surface area (Å²) in [4.78, 5) is 53.9. The first kappa shape index (κ1) is 26.6. The van der Waals surface area contributed by atoms with E-state index in [1.807, 2.05) is 18.2 Å². The Morgan fingerprint density at radius 1 is 1.31 bits per heavy atom. The van der Waals surface area contributed by atoms with Gasteiger partial charge in [0, 0.05) is 11.9 Å². The van der Waals surface area contributed by atoms with E-state index in [1.54, 1.807) is 19.4 Å². The van der Waals surface area contributed by atoms with Crippen LogP contribution in [0, 0.1) is 6.92 Å². The Balaban J connectivity index is 1.63. The van der Waals surface area contributed by atoms with Crippen molar-refractivity contribution in [3.05, 3.63) is 64.2 Å². The fourth-order valence-corrected chi connectivity index (χ4v) is 4.61. The third-order valence-corrected chi connectivity index (χ3v) is 6.79. The number of thioether (sulfide) groups is 1. The predicted molar refractivity (Wildman–Crippen MR) is 139 cm³/mol. The van der Waals surface area contributed by atoms with E-state index in [0.717, 1.165) is 27.8 Å². The van der Waals surface area contributed by atoms with Crippen LogP contribution in [0.5, 0.6) is 0 Å². The number of hydrogen-bond donors (Lipinski definition) is 5. The standard InChI is InChI=1S/C23H24N6O5S2/c1-4-6-17(35-3)20(31)24-11-16(22(33)34)27-21(32)19-12(2)26-23(36-19)28-18(30)9-13-7-5-8-15-14(13)10-25-29-15/h4-8,10,16H,1,9,11H2,2-3H3,(H,24,31)(H,25,29)(H,27,32)(H,33,34)(H,26,28,30)/b17-6-. The van der Waals surface area contributed by atoms with Gasteiger partial charge in [0.2, 0.25) is 5.91 Å². The van der Waals surface area contributed by atoms with E-state index in [4.69, 9.17) is 0 Å². The number of aromatic amines is 1. The van der Waals surface area contributed by atoms with Gasteiger partial charge >= 0.3 is 5.97 Å². The van der Waals surface area contributed by atoms with Crippen LogP contribution in [0.4, 0.5) is 5.13 Å². The molecule has 2 aromatic heterocycles. The van der Waals surface area contributed by atoms with Crippen molar-refractivity contribution in [1.29, 1.82) is 0 Å². The minimum atomic E-state index is -1.37. The predicted octanol–water partition coefficient (Wildman–Crippen LogP) is 2.24. The van der Waals surface area contributed by atoms with Crippen molar-refractivity contribution >= 4 is 62.8 Å². The molecule has 5 N–H and O–H groups in total. The van der Waals surface area contributed by atoms with Crippen LogP contribution in [0.15, 0.2) is 48.0 Å². The largest absolute Gasteiger partial charge is 0.480 e. The van der Waals surface area contributed by atoms with Gasteiger partial charge in [0.05, 0.1) is 28.7 Å². The van der Waals surface area contributed by atoms with Crippen LogP contribution in [0.25, 0.3) is 10.9 Å². The molecule has 0 spiro atoms. The zero-order chi connectivity index (χ0) is 26.2. The number of thiazole rings is 1. The molecule has 0 aliphatic heterocycles. The maximum absolute atomic E-state index is 12.8. The van der Waals surface area contributed by atoms with Crippen molar-refractivity contribution in [3.63, 3.8) is 0 Å². The number of rotatable bonds is 11. The molecule has 0 fully saturated rings. The Bertz CT molecular complexity index is 1350. The fourth-order valence-electron chi connectivity index (χ4n) is 3.23. The second-order valence-corrected chi connectivity index (χ2v) is 9.30. The second kappa shape index (κ2) is 12.1. The molecule has 3 aromatic rings. The molecule has 0 saturated carbocycles. The number of carbonyl (C=O) groups is 4. The summed E-state index contributed by atoms with van der Waals surface area (Å²) in [6.45, 7) is 4.79. The van der Waals surface area contributed by atoms with Gasteiger partial charge in [-0.25, -0.2) is 9.78 Å². The molecule has 1 aromatic carbocycles. The van der Waals surface area contributed by atoms with Gasteiger partial charge in [-0.1, -0.05) is 36.1 Å². The number of hydrogen-bond acceptors (Lipinski definition) is 8. The Labute approximate surface area is 214 Å². The number of anilines is 1. The van der Waals surface area contributed by atoms with Crippen LogP contribution in [-0.4, -0.2) is 62.8 Å². The molecule has 0 bridgehead atoms. The zero-order valence-electron chi connectivity index (χ0n) is 19.5. The topological polar surface area (TPSA) is 166 Å². The molecule has 188 valence electrons. The number of carbonyl (C=O) groups excluding carboxylic acids is 3. The molecule has 3 rings (SSSR count). The molecule has 2 heterocycles. The highest BCUT2D eigenvalue weighted by Crippen LogP contribution is 2.23. The molecule has 0 aliphatic rings. The summed E-state index contributed by atoms with van der Waals surface area (Å²) in [7, 11) is 0. The van der Waals surface area contributed by atoms with Crippen LogP contribution in [0.3, 0.4) is 0 Å². The summed E-state index contributed by atoms with van der Waals surface area (Å²) in [5.41, 5.74) is 1.93. The molecular formula is C23H24N6O5S2. The van der Waals surface area contributed by atoms with Gasteiger partial charge in [-0.15, -0.1) is 11.8 Å². The summed E-state index contributed by atoms with van der Waals surface area (Å²) in [6.07, 6.45) is 6.37. The van der Waals surface area contributed by atoms with Crippen LogP contribution >= 0.6 is 23.1 Å². The monoisotopic (exact) mass is 528 g/mol. The number of H-pyrrole nitrogens is 1. The first-order valence-electron chi connectivity index (χ1n) is 10.6. The molecular weight excluding hydrogens is 504 g/mol. The number of carboxylic acid groups (broad SMARTS) is 1. The van der Waals surface area contributed by atoms with Gasteiger partial charge in [0.1, 0.15) is 10.9 Å². The van der Waals surface area contributed by atoms with Gasteiger partial charge in [0.25, 0.3) is 11.8 Å². The van der Waals surface area contributed by atoms with E-state index >= 15 is 0 Å². The minimum absolute atomic E-state index is 0.0795. The van der Waals surface area contributed by atoms with E-state index < -0.39 is 23.8 Å². The molecule has 3 amide bonds. The first-order chi connectivity index (χ1) is 17.2. The number of fused-ring (bicyclic) bond motifs is 1. The number of aliphatic carboxylic acids is 1. The third kappa shape index (κ3) is 6.58. The second-order valence-electron chi connectivity index (χ2n) is 7.45. The van der Waals surface area contributed by atoms with Gasteiger partial charge < -0.3 is 21.1 Å². The summed E-state index contributed by atoms with van der Waals surface area (Å²) >= 11 is 2.11. The lowest BCUT2D eigenvalue weighted by Gasteiger charge is -2.15. The number of aromatic nitrogens is 3. The highest BCUT2D eigenvalue weighted by Gasteiger charge is 2.25. The first-order valence-corrected chi connectivity index (χ1v) is 12.6. The van der Waals surface area contributed by atoms with Crippen molar-refractivity contribution in [2.24, 2.45) is 0 Å². The van der Waals surface area contributed by atoms with E-state index in [9.17, 15) is 24.3 Å². The number of nitrogens with zero attached hydrogens (tertiary/aromatic N) is 2. The quantitative estimate of drug-likeness (QED) is 0.187. The zero-order valence-corrected chi connectivity index (χ0v) is 21.1. The molecule has 0 radical (unpaired) electrons. The number of carboxylic acids is 1. The summed E-state index contributed by atoms with van der Waals surface area (Å²) in [6, 6.07) is 4.12. The lowest BCUT2D eigenvalue weighted by atomic mass is 10.1. The van der Waals surface area contributed by atoms with Crippen LogP contribution in [-0.2, 0) is 20.8 Å². The van der Waals surface area contributed by atoms with Crippen molar-refractivity contribution in [2.75, 3.05) is 18.1 Å². The SMILES string of the molecule is C=C/C=C(\SC)C(=O)NCC(NC(=O)c1sc(NC(=O)Cc2cccc3[nH]ncc23)nc1C)C(=O)O. The molecule has 0 saturated heterocycles. The summed E-state index contributed by atoms with van der Waals surface area (Å²) in [5, 5.41) is 24.9. The Morgan fingerprint density at radius 2 is 2.08 bits per heavy atom. The molecule has 13 heteroatoms.